The highest BCUT2D eigenvalue weighted by atomic mass is 16.5. The van der Waals surface area contributed by atoms with Crippen molar-refractivity contribution in [2.45, 2.75) is 0 Å². The number of rotatable bonds is 2. The highest BCUT2D eigenvalue weighted by molar-refractivity contribution is 5.93. The molecule has 0 aliphatic rings. The molecule has 1 rings (SSSR count). The average molecular weight is 205 g/mol. The van der Waals surface area contributed by atoms with Crippen LogP contribution >= 0.6 is 0 Å². The number of phenolic OH excluding ortho intramolecular Hbond substituents is 1. The van der Waals surface area contributed by atoms with E-state index in [4.69, 9.17) is 5.26 Å². The minimum Gasteiger partial charge on any atom is -0.507 e. The van der Waals surface area contributed by atoms with Gasteiger partial charge in [0, 0.05) is 0 Å². The molecule has 0 unspecified atom stereocenters. The lowest BCUT2D eigenvalue weighted by Gasteiger charge is -2.03. The number of hydrogen-bond acceptors (Lipinski definition) is 5. The van der Waals surface area contributed by atoms with Gasteiger partial charge in [-0.15, -0.1) is 0 Å². The van der Waals surface area contributed by atoms with E-state index in [1.165, 1.54) is 13.2 Å². The number of esters is 1. The van der Waals surface area contributed by atoms with Crippen LogP contribution in [0, 0.1) is 11.3 Å². The zero-order valence-corrected chi connectivity index (χ0v) is 7.85. The lowest BCUT2D eigenvalue weighted by molar-refractivity contribution is 0.0600. The Bertz CT molecular complexity index is 459. The van der Waals surface area contributed by atoms with Gasteiger partial charge < -0.3 is 9.84 Å². The van der Waals surface area contributed by atoms with Crippen LogP contribution in [0.5, 0.6) is 5.75 Å². The van der Waals surface area contributed by atoms with Crippen LogP contribution in [0.4, 0.5) is 0 Å². The van der Waals surface area contributed by atoms with E-state index in [-0.39, 0.29) is 16.7 Å². The molecular formula is C10H7NO4. The second-order valence-corrected chi connectivity index (χ2v) is 2.68. The molecule has 15 heavy (non-hydrogen) atoms. The summed E-state index contributed by atoms with van der Waals surface area (Å²) in [6.45, 7) is 0. The van der Waals surface area contributed by atoms with Gasteiger partial charge in [-0.3, -0.25) is 4.79 Å². The smallest absolute Gasteiger partial charge is 0.338 e. The van der Waals surface area contributed by atoms with E-state index in [0.717, 1.165) is 6.07 Å². The quantitative estimate of drug-likeness (QED) is 0.571. The number of methoxy groups -OCH3 is 1. The number of aromatic hydroxyl groups is 1. The normalized spacial score (nSPS) is 9.07. The van der Waals surface area contributed by atoms with E-state index in [1.54, 1.807) is 6.07 Å². The predicted molar refractivity (Wildman–Crippen MR) is 49.5 cm³/mol. The van der Waals surface area contributed by atoms with Crippen molar-refractivity contribution < 1.29 is 19.4 Å². The van der Waals surface area contributed by atoms with Gasteiger partial charge in [-0.1, -0.05) is 0 Å². The molecule has 5 nitrogen and oxygen atoms in total. The second kappa shape index (κ2) is 4.24. The summed E-state index contributed by atoms with van der Waals surface area (Å²) in [6, 6.07) is 3.98. The second-order valence-electron chi connectivity index (χ2n) is 2.68. The molecule has 0 bridgehead atoms. The van der Waals surface area contributed by atoms with Crippen LogP contribution in [0.3, 0.4) is 0 Å². The van der Waals surface area contributed by atoms with Gasteiger partial charge in [0.25, 0.3) is 0 Å². The van der Waals surface area contributed by atoms with Crippen LogP contribution in [0.25, 0.3) is 0 Å². The Kier molecular flexibility index (Phi) is 3.03. The number of nitriles is 1. The van der Waals surface area contributed by atoms with Crippen LogP contribution in [0.15, 0.2) is 12.1 Å². The number of carbonyl (C=O) groups is 2. The van der Waals surface area contributed by atoms with Gasteiger partial charge in [-0.05, 0) is 12.1 Å². The fraction of sp³-hybridized carbons (Fsp3) is 0.100. The number of hydrogen-bond donors (Lipinski definition) is 1. The number of nitrogens with zero attached hydrogens (tertiary/aromatic N) is 1. The number of carbonyl (C=O) groups excluding carboxylic acids is 2. The molecule has 0 spiro atoms. The molecule has 1 aromatic carbocycles. The summed E-state index contributed by atoms with van der Waals surface area (Å²) < 4.78 is 4.42. The van der Waals surface area contributed by atoms with Crippen molar-refractivity contribution in [3.8, 4) is 11.8 Å². The molecule has 0 atom stereocenters. The van der Waals surface area contributed by atoms with Crippen molar-refractivity contribution in [2.24, 2.45) is 0 Å². The Labute approximate surface area is 85.5 Å². The molecule has 0 saturated heterocycles. The van der Waals surface area contributed by atoms with Crippen molar-refractivity contribution >= 4 is 12.3 Å². The minimum absolute atomic E-state index is 0.0251. The fourth-order valence-electron chi connectivity index (χ4n) is 1.09. The van der Waals surface area contributed by atoms with Crippen molar-refractivity contribution in [2.75, 3.05) is 7.11 Å². The number of phenols is 1. The Morgan fingerprint density at radius 2 is 2.27 bits per heavy atom. The molecule has 0 aromatic heterocycles. The summed E-state index contributed by atoms with van der Waals surface area (Å²) in [5.74, 6) is -1.09. The molecule has 0 saturated carbocycles. The first-order valence-corrected chi connectivity index (χ1v) is 3.94. The van der Waals surface area contributed by atoms with Crippen molar-refractivity contribution in [1.82, 2.24) is 0 Å². The van der Waals surface area contributed by atoms with Crippen LogP contribution in [-0.4, -0.2) is 24.5 Å². The lowest BCUT2D eigenvalue weighted by atomic mass is 10.0. The van der Waals surface area contributed by atoms with Crippen LogP contribution in [-0.2, 0) is 4.74 Å². The Balaban J connectivity index is 3.40. The summed E-state index contributed by atoms with van der Waals surface area (Å²) >= 11 is 0. The third-order valence-electron chi connectivity index (χ3n) is 1.82. The first kappa shape index (κ1) is 10.7. The monoisotopic (exact) mass is 205 g/mol. The molecule has 0 heterocycles. The minimum atomic E-state index is -0.681. The largest absolute Gasteiger partial charge is 0.507 e. The Morgan fingerprint density at radius 1 is 1.60 bits per heavy atom. The van der Waals surface area contributed by atoms with E-state index in [0.29, 0.717) is 6.29 Å². The summed E-state index contributed by atoms with van der Waals surface area (Å²) in [5.41, 5.74) is -0.173. The highest BCUT2D eigenvalue weighted by Crippen LogP contribution is 2.21. The molecule has 1 aromatic rings. The van der Waals surface area contributed by atoms with Crippen LogP contribution < -0.4 is 0 Å². The number of aldehydes is 1. The zero-order valence-electron chi connectivity index (χ0n) is 7.85. The molecule has 76 valence electrons. The molecule has 0 aliphatic carbocycles. The van der Waals surface area contributed by atoms with Gasteiger partial charge in [0.15, 0.2) is 6.29 Å². The average Bonchev–Trinajstić information content (AvgIpc) is 2.26. The maximum absolute atomic E-state index is 11.1. The summed E-state index contributed by atoms with van der Waals surface area (Å²) in [6.07, 6.45) is 0.356. The van der Waals surface area contributed by atoms with E-state index < -0.39 is 11.7 Å². The molecule has 1 N–H and O–H groups in total. The molecule has 0 fully saturated rings. The molecular weight excluding hydrogens is 198 g/mol. The summed E-state index contributed by atoms with van der Waals surface area (Å²) in [4.78, 5) is 21.6. The molecule has 5 heteroatoms. The summed E-state index contributed by atoms with van der Waals surface area (Å²) in [7, 11) is 1.18. The highest BCUT2D eigenvalue weighted by Gasteiger charge is 2.13. The van der Waals surface area contributed by atoms with Gasteiger partial charge in [0.1, 0.15) is 11.8 Å². The van der Waals surface area contributed by atoms with E-state index in [9.17, 15) is 14.7 Å². The van der Waals surface area contributed by atoms with Crippen molar-refractivity contribution in [3.05, 3.63) is 28.8 Å². The van der Waals surface area contributed by atoms with E-state index in [2.05, 4.69) is 4.74 Å². The third kappa shape index (κ3) is 1.94. The van der Waals surface area contributed by atoms with Crippen LogP contribution in [0.2, 0.25) is 0 Å². The van der Waals surface area contributed by atoms with Gasteiger partial charge in [0.05, 0.1) is 23.8 Å². The standard InChI is InChI=1S/C10H7NO4/c1-15-10(14)6-2-7(4-11)8(5-12)9(13)3-6/h2-3,5,13H,1H3. The lowest BCUT2D eigenvalue weighted by Crippen LogP contribution is -2.03. The third-order valence-corrected chi connectivity index (χ3v) is 1.82. The summed E-state index contributed by atoms with van der Waals surface area (Å²) in [5, 5.41) is 18.0. The SMILES string of the molecule is COC(=O)c1cc(O)c(C=O)c(C#N)c1. The van der Waals surface area contributed by atoms with Gasteiger partial charge in [-0.2, -0.15) is 5.26 Å². The molecule has 0 amide bonds. The van der Waals surface area contributed by atoms with Crippen molar-refractivity contribution in [1.29, 1.82) is 5.26 Å². The first-order chi connectivity index (χ1) is 7.13. The van der Waals surface area contributed by atoms with Gasteiger partial charge in [-0.25, -0.2) is 4.79 Å². The first-order valence-electron chi connectivity index (χ1n) is 3.94. The van der Waals surface area contributed by atoms with Crippen molar-refractivity contribution in [3.63, 3.8) is 0 Å². The topological polar surface area (TPSA) is 87.4 Å². The number of ether oxygens (including phenoxy) is 1. The van der Waals surface area contributed by atoms with Gasteiger partial charge >= 0.3 is 5.97 Å². The number of benzene rings is 1. The Hall–Kier alpha value is -2.35. The fourth-order valence-corrected chi connectivity index (χ4v) is 1.09. The molecule has 0 aliphatic heterocycles. The Morgan fingerprint density at radius 3 is 2.73 bits per heavy atom. The maximum atomic E-state index is 11.1. The van der Waals surface area contributed by atoms with E-state index in [1.807, 2.05) is 0 Å². The maximum Gasteiger partial charge on any atom is 0.338 e. The zero-order chi connectivity index (χ0) is 11.4. The van der Waals surface area contributed by atoms with Gasteiger partial charge in [0.2, 0.25) is 0 Å². The van der Waals surface area contributed by atoms with Crippen LogP contribution in [0.1, 0.15) is 26.3 Å². The molecule has 0 radical (unpaired) electrons. The predicted octanol–water partition coefficient (Wildman–Crippen LogP) is 0.863. The van der Waals surface area contributed by atoms with E-state index >= 15 is 0 Å².